The predicted octanol–water partition coefficient (Wildman–Crippen LogP) is 4.21. The standard InChI is InChI=1S/C14H20ClFO/c1-3-4-5-10(2)14(17)8-11-6-7-12(15)9-13(11)16/h6-7,9-10,14,17H,3-5,8H2,1-2H3. The van der Waals surface area contributed by atoms with Crippen molar-refractivity contribution in [1.82, 2.24) is 0 Å². The minimum Gasteiger partial charge on any atom is -0.393 e. The van der Waals surface area contributed by atoms with Crippen molar-refractivity contribution in [1.29, 1.82) is 0 Å². The van der Waals surface area contributed by atoms with Gasteiger partial charge in [-0.05, 0) is 30.0 Å². The Balaban J connectivity index is 2.58. The van der Waals surface area contributed by atoms with Crippen LogP contribution in [0.15, 0.2) is 18.2 Å². The molecule has 0 heterocycles. The molecule has 0 aliphatic carbocycles. The molecule has 0 saturated heterocycles. The number of unbranched alkanes of at least 4 members (excludes halogenated alkanes) is 1. The third kappa shape index (κ3) is 4.64. The summed E-state index contributed by atoms with van der Waals surface area (Å²) in [5, 5.41) is 10.4. The first-order chi connectivity index (χ1) is 8.04. The number of hydrogen-bond acceptors (Lipinski definition) is 1. The van der Waals surface area contributed by atoms with Crippen molar-refractivity contribution in [2.75, 3.05) is 0 Å². The predicted molar refractivity (Wildman–Crippen MR) is 69.8 cm³/mol. The van der Waals surface area contributed by atoms with Crippen LogP contribution in [0, 0.1) is 11.7 Å². The summed E-state index contributed by atoms with van der Waals surface area (Å²) in [6.07, 6.45) is 3.06. The summed E-state index contributed by atoms with van der Waals surface area (Å²) in [5.41, 5.74) is 0.533. The van der Waals surface area contributed by atoms with Gasteiger partial charge in [0.25, 0.3) is 0 Å². The third-order valence-electron chi connectivity index (χ3n) is 3.11. The molecule has 1 nitrogen and oxygen atoms in total. The minimum absolute atomic E-state index is 0.199. The molecule has 2 unspecified atom stereocenters. The van der Waals surface area contributed by atoms with Gasteiger partial charge in [-0.25, -0.2) is 4.39 Å². The molecule has 0 spiro atoms. The largest absolute Gasteiger partial charge is 0.393 e. The van der Waals surface area contributed by atoms with Crippen LogP contribution in [0.1, 0.15) is 38.7 Å². The second-order valence-electron chi connectivity index (χ2n) is 4.63. The molecule has 0 bridgehead atoms. The molecule has 0 fully saturated rings. The zero-order chi connectivity index (χ0) is 12.8. The van der Waals surface area contributed by atoms with E-state index in [-0.39, 0.29) is 11.7 Å². The van der Waals surface area contributed by atoms with E-state index in [1.807, 2.05) is 6.92 Å². The second-order valence-corrected chi connectivity index (χ2v) is 5.06. The second kappa shape index (κ2) is 6.97. The van der Waals surface area contributed by atoms with Crippen LogP contribution in [-0.4, -0.2) is 11.2 Å². The maximum atomic E-state index is 13.5. The smallest absolute Gasteiger partial charge is 0.127 e. The van der Waals surface area contributed by atoms with Gasteiger partial charge < -0.3 is 5.11 Å². The molecule has 17 heavy (non-hydrogen) atoms. The fourth-order valence-corrected chi connectivity index (χ4v) is 1.99. The molecule has 1 rings (SSSR count). The summed E-state index contributed by atoms with van der Waals surface area (Å²) in [5.74, 6) is -0.135. The van der Waals surface area contributed by atoms with E-state index < -0.39 is 6.10 Å². The zero-order valence-corrected chi connectivity index (χ0v) is 11.2. The fraction of sp³-hybridized carbons (Fsp3) is 0.571. The summed E-state index contributed by atoms with van der Waals surface area (Å²) in [4.78, 5) is 0. The van der Waals surface area contributed by atoms with Gasteiger partial charge in [0, 0.05) is 11.4 Å². The lowest BCUT2D eigenvalue weighted by molar-refractivity contribution is 0.110. The summed E-state index contributed by atoms with van der Waals surface area (Å²) in [6.45, 7) is 4.13. The topological polar surface area (TPSA) is 20.2 Å². The van der Waals surface area contributed by atoms with Crippen molar-refractivity contribution in [2.45, 2.75) is 45.6 Å². The average Bonchev–Trinajstić information content (AvgIpc) is 2.29. The summed E-state index contributed by atoms with van der Waals surface area (Å²) >= 11 is 5.68. The normalized spacial score (nSPS) is 14.6. The van der Waals surface area contributed by atoms with Crippen LogP contribution in [0.5, 0.6) is 0 Å². The molecule has 0 aliphatic heterocycles. The first-order valence-electron chi connectivity index (χ1n) is 6.16. The molecule has 96 valence electrons. The van der Waals surface area contributed by atoms with Crippen molar-refractivity contribution >= 4 is 11.6 Å². The van der Waals surface area contributed by atoms with Gasteiger partial charge in [-0.3, -0.25) is 0 Å². The molecule has 1 N–H and O–H groups in total. The van der Waals surface area contributed by atoms with Crippen molar-refractivity contribution in [3.05, 3.63) is 34.6 Å². The van der Waals surface area contributed by atoms with E-state index in [1.165, 1.54) is 6.07 Å². The summed E-state index contributed by atoms with van der Waals surface area (Å²) in [6, 6.07) is 4.59. The number of aliphatic hydroxyl groups is 1. The Hall–Kier alpha value is -0.600. The number of hydrogen-bond donors (Lipinski definition) is 1. The lowest BCUT2D eigenvalue weighted by Crippen LogP contribution is -2.20. The minimum atomic E-state index is -0.489. The van der Waals surface area contributed by atoms with E-state index in [0.29, 0.717) is 17.0 Å². The SMILES string of the molecule is CCCCC(C)C(O)Cc1ccc(Cl)cc1F. The van der Waals surface area contributed by atoms with Gasteiger partial charge in [-0.1, -0.05) is 44.4 Å². The zero-order valence-electron chi connectivity index (χ0n) is 10.4. The highest BCUT2D eigenvalue weighted by Crippen LogP contribution is 2.20. The van der Waals surface area contributed by atoms with Gasteiger partial charge in [-0.2, -0.15) is 0 Å². The molecular formula is C14H20ClFO. The molecule has 0 radical (unpaired) electrons. The molecule has 0 aromatic heterocycles. The molecule has 1 aromatic rings. The fourth-order valence-electron chi connectivity index (χ4n) is 1.83. The average molecular weight is 259 g/mol. The Morgan fingerprint density at radius 1 is 1.41 bits per heavy atom. The monoisotopic (exact) mass is 258 g/mol. The first kappa shape index (κ1) is 14.5. The maximum absolute atomic E-state index is 13.5. The molecule has 0 saturated carbocycles. The lowest BCUT2D eigenvalue weighted by Gasteiger charge is -2.18. The first-order valence-corrected chi connectivity index (χ1v) is 6.54. The Morgan fingerprint density at radius 3 is 2.71 bits per heavy atom. The number of aliphatic hydroxyl groups excluding tert-OH is 1. The van der Waals surface area contributed by atoms with Crippen LogP contribution in [0.4, 0.5) is 4.39 Å². The molecule has 0 aliphatic rings. The van der Waals surface area contributed by atoms with E-state index in [1.54, 1.807) is 12.1 Å². The van der Waals surface area contributed by atoms with Gasteiger partial charge >= 0.3 is 0 Å². The van der Waals surface area contributed by atoms with Gasteiger partial charge in [-0.15, -0.1) is 0 Å². The van der Waals surface area contributed by atoms with E-state index in [2.05, 4.69) is 6.92 Å². The molecule has 1 aromatic carbocycles. The highest BCUT2D eigenvalue weighted by atomic mass is 35.5. The van der Waals surface area contributed by atoms with Crippen molar-refractivity contribution in [2.24, 2.45) is 5.92 Å². The summed E-state index contributed by atoms with van der Waals surface area (Å²) < 4.78 is 13.5. The molecule has 0 amide bonds. The number of halogens is 2. The van der Waals surface area contributed by atoms with Crippen LogP contribution in [0.25, 0.3) is 0 Å². The lowest BCUT2D eigenvalue weighted by atomic mass is 9.93. The van der Waals surface area contributed by atoms with Crippen LogP contribution in [0.2, 0.25) is 5.02 Å². The third-order valence-corrected chi connectivity index (χ3v) is 3.35. The highest BCUT2D eigenvalue weighted by Gasteiger charge is 2.16. The van der Waals surface area contributed by atoms with E-state index in [4.69, 9.17) is 11.6 Å². The van der Waals surface area contributed by atoms with E-state index >= 15 is 0 Å². The Bertz CT molecular complexity index is 354. The van der Waals surface area contributed by atoms with Crippen molar-refractivity contribution < 1.29 is 9.50 Å². The van der Waals surface area contributed by atoms with Crippen molar-refractivity contribution in [3.63, 3.8) is 0 Å². The van der Waals surface area contributed by atoms with Gasteiger partial charge in [0.2, 0.25) is 0 Å². The number of rotatable bonds is 6. The van der Waals surface area contributed by atoms with Gasteiger partial charge in [0.05, 0.1) is 6.10 Å². The highest BCUT2D eigenvalue weighted by molar-refractivity contribution is 6.30. The maximum Gasteiger partial charge on any atom is 0.127 e. The van der Waals surface area contributed by atoms with Crippen LogP contribution >= 0.6 is 11.6 Å². The Kier molecular flexibility index (Phi) is 5.93. The van der Waals surface area contributed by atoms with Gasteiger partial charge in [0.1, 0.15) is 5.82 Å². The quantitative estimate of drug-likeness (QED) is 0.810. The Morgan fingerprint density at radius 2 is 2.12 bits per heavy atom. The van der Waals surface area contributed by atoms with Crippen LogP contribution in [0.3, 0.4) is 0 Å². The van der Waals surface area contributed by atoms with Gasteiger partial charge in [0.15, 0.2) is 0 Å². The molecular weight excluding hydrogens is 239 g/mol. The number of benzene rings is 1. The van der Waals surface area contributed by atoms with E-state index in [0.717, 1.165) is 19.3 Å². The van der Waals surface area contributed by atoms with Crippen LogP contribution < -0.4 is 0 Å². The molecule has 3 heteroatoms. The Labute approximate surface area is 108 Å². The van der Waals surface area contributed by atoms with Crippen molar-refractivity contribution in [3.8, 4) is 0 Å². The molecule has 2 atom stereocenters. The summed E-state index contributed by atoms with van der Waals surface area (Å²) in [7, 11) is 0. The van der Waals surface area contributed by atoms with E-state index in [9.17, 15) is 9.50 Å². The van der Waals surface area contributed by atoms with Crippen LogP contribution in [-0.2, 0) is 6.42 Å².